The molecule has 0 fully saturated rings. The van der Waals surface area contributed by atoms with Gasteiger partial charge in [-0.3, -0.25) is 4.31 Å². The Labute approximate surface area is 227 Å². The first kappa shape index (κ1) is 27.6. The zero-order valence-electron chi connectivity index (χ0n) is 21.9. The van der Waals surface area contributed by atoms with E-state index in [-0.39, 0.29) is 4.90 Å². The van der Waals surface area contributed by atoms with Gasteiger partial charge in [-0.15, -0.1) is 0 Å². The van der Waals surface area contributed by atoms with Gasteiger partial charge in [0.15, 0.2) is 7.14 Å². The maximum absolute atomic E-state index is 15.4. The molecule has 0 radical (unpaired) electrons. The minimum Gasteiger partial charge on any atom is -0.309 e. The van der Waals surface area contributed by atoms with Gasteiger partial charge in [-0.05, 0) is 31.0 Å². The Balaban J connectivity index is 1.99. The minimum atomic E-state index is -3.89. The van der Waals surface area contributed by atoms with Crippen molar-refractivity contribution in [3.05, 3.63) is 133 Å². The summed E-state index contributed by atoms with van der Waals surface area (Å²) in [5, 5.41) is 1.80. The van der Waals surface area contributed by atoms with Gasteiger partial charge in [0.1, 0.15) is 0 Å². The average molecular weight is 544 g/mol. The lowest BCUT2D eigenvalue weighted by Gasteiger charge is -2.27. The van der Waals surface area contributed by atoms with Crippen LogP contribution in [-0.2, 0) is 14.6 Å². The van der Waals surface area contributed by atoms with E-state index in [0.29, 0.717) is 28.9 Å². The van der Waals surface area contributed by atoms with Crippen molar-refractivity contribution in [1.82, 2.24) is 4.31 Å². The number of nitrogens with zero attached hydrogens (tertiary/aromatic N) is 1. The maximum Gasteiger partial charge on any atom is 0.263 e. The number of aryl methyl sites for hydroxylation is 1. The summed E-state index contributed by atoms with van der Waals surface area (Å²) in [6, 6.07) is 35.1. The highest BCUT2D eigenvalue weighted by Gasteiger charge is 2.35. The fourth-order valence-electron chi connectivity index (χ4n) is 4.40. The molecule has 0 amide bonds. The third-order valence-corrected chi connectivity index (χ3v) is 11.4. The van der Waals surface area contributed by atoms with Crippen LogP contribution in [0.1, 0.15) is 37.3 Å². The second kappa shape index (κ2) is 12.4. The molecule has 4 nitrogen and oxygen atoms in total. The predicted octanol–water partition coefficient (Wildman–Crippen LogP) is 7.19. The molecule has 0 saturated heterocycles. The smallest absolute Gasteiger partial charge is 0.263 e. The molecule has 0 aliphatic carbocycles. The average Bonchev–Trinajstić information content (AvgIpc) is 2.96. The lowest BCUT2D eigenvalue weighted by Crippen LogP contribution is -2.28. The number of hydrogen-bond acceptors (Lipinski definition) is 3. The van der Waals surface area contributed by atoms with Gasteiger partial charge in [0.25, 0.3) is 10.0 Å². The van der Waals surface area contributed by atoms with Crippen LogP contribution in [0.4, 0.5) is 0 Å². The van der Waals surface area contributed by atoms with Gasteiger partial charge >= 0.3 is 0 Å². The first-order chi connectivity index (χ1) is 18.4. The molecule has 0 atom stereocenters. The van der Waals surface area contributed by atoms with Gasteiger partial charge in [0, 0.05) is 28.7 Å². The van der Waals surface area contributed by atoms with Crippen LogP contribution in [0.5, 0.6) is 0 Å². The van der Waals surface area contributed by atoms with Crippen LogP contribution in [-0.4, -0.2) is 19.3 Å². The number of rotatable bonds is 11. The van der Waals surface area contributed by atoms with Crippen LogP contribution >= 0.6 is 7.14 Å². The van der Waals surface area contributed by atoms with Crippen molar-refractivity contribution in [2.24, 2.45) is 0 Å². The van der Waals surface area contributed by atoms with E-state index in [4.69, 9.17) is 0 Å². The van der Waals surface area contributed by atoms with Crippen LogP contribution < -0.4 is 10.6 Å². The summed E-state index contributed by atoms with van der Waals surface area (Å²) >= 11 is 0. The molecule has 0 N–H and O–H groups in total. The number of hydrogen-bond donors (Lipinski definition) is 0. The summed E-state index contributed by atoms with van der Waals surface area (Å²) in [6.07, 6.45) is 4.17. The summed E-state index contributed by atoms with van der Waals surface area (Å²) in [5.74, 6) is 0. The van der Waals surface area contributed by atoms with Gasteiger partial charge in [0.05, 0.1) is 4.90 Å². The highest BCUT2D eigenvalue weighted by molar-refractivity contribution is 7.89. The number of sulfonamides is 1. The Morgan fingerprint density at radius 2 is 1.24 bits per heavy atom. The number of benzene rings is 4. The van der Waals surface area contributed by atoms with Crippen molar-refractivity contribution in [2.45, 2.75) is 38.0 Å². The maximum atomic E-state index is 15.4. The lowest BCUT2D eigenvalue weighted by molar-refractivity contribution is 0.482. The zero-order valence-corrected chi connectivity index (χ0v) is 23.6. The molecular weight excluding hydrogens is 509 g/mol. The fraction of sp³-hybridized carbons (Fsp3) is 0.188. The third-order valence-electron chi connectivity index (χ3n) is 6.52. The predicted molar refractivity (Wildman–Crippen MR) is 159 cm³/mol. The Morgan fingerprint density at radius 1 is 0.737 bits per heavy atom. The summed E-state index contributed by atoms with van der Waals surface area (Å²) in [6.45, 7) is 4.31. The monoisotopic (exact) mass is 543 g/mol. The van der Waals surface area contributed by atoms with E-state index in [2.05, 4.69) is 6.92 Å². The van der Waals surface area contributed by atoms with E-state index in [0.717, 1.165) is 24.0 Å². The first-order valence-corrected chi connectivity index (χ1v) is 16.1. The Bertz CT molecular complexity index is 1460. The molecule has 0 spiro atoms. The molecule has 0 aliphatic rings. The molecule has 0 saturated carbocycles. The van der Waals surface area contributed by atoms with Crippen molar-refractivity contribution >= 4 is 33.1 Å². The third kappa shape index (κ3) is 6.01. The Kier molecular flexibility index (Phi) is 9.04. The summed E-state index contributed by atoms with van der Waals surface area (Å²) < 4.78 is 44.8. The normalized spacial score (nSPS) is 12.3. The van der Waals surface area contributed by atoms with Gasteiger partial charge in [0.2, 0.25) is 0 Å². The summed E-state index contributed by atoms with van der Waals surface area (Å²) in [7, 11) is -7.35. The molecule has 4 aromatic rings. The molecule has 0 aromatic heterocycles. The number of unbranched alkanes of at least 4 members (excludes halogenated alkanes) is 2. The molecule has 6 heteroatoms. The SMILES string of the molecule is CCCCCN(/C=C(\c1ccccc1)P(=O)(c1ccccc1)c1ccccc1)S(=O)(=O)c1ccc(C)cc1. The van der Waals surface area contributed by atoms with Crippen LogP contribution in [0.15, 0.2) is 126 Å². The van der Waals surface area contributed by atoms with Crippen molar-refractivity contribution in [1.29, 1.82) is 0 Å². The molecule has 0 bridgehead atoms. The lowest BCUT2D eigenvalue weighted by atomic mass is 10.2. The van der Waals surface area contributed by atoms with E-state index in [1.165, 1.54) is 4.31 Å². The van der Waals surface area contributed by atoms with Crippen LogP contribution in [0.2, 0.25) is 0 Å². The largest absolute Gasteiger partial charge is 0.309 e. The fourth-order valence-corrected chi connectivity index (χ4v) is 8.70. The van der Waals surface area contributed by atoms with Crippen molar-refractivity contribution in [3.63, 3.8) is 0 Å². The van der Waals surface area contributed by atoms with Crippen LogP contribution in [0.25, 0.3) is 5.31 Å². The van der Waals surface area contributed by atoms with Gasteiger partial charge in [-0.1, -0.05) is 128 Å². The highest BCUT2D eigenvalue weighted by Crippen LogP contribution is 2.56. The zero-order chi connectivity index (χ0) is 27.0. The molecule has 0 unspecified atom stereocenters. The van der Waals surface area contributed by atoms with Gasteiger partial charge in [-0.25, -0.2) is 8.42 Å². The van der Waals surface area contributed by atoms with E-state index in [1.54, 1.807) is 30.5 Å². The standard InChI is InChI=1S/C32H34NO3PS/c1-3-4-14-25-33(38(35,36)31-23-21-27(2)22-24-31)26-32(28-15-8-5-9-16-28)37(34,29-17-10-6-11-18-29)30-19-12-7-13-20-30/h5-13,15-24,26H,3-4,14,25H2,1-2H3/b32-26+. The minimum absolute atomic E-state index is 0.220. The van der Waals surface area contributed by atoms with Gasteiger partial charge < -0.3 is 4.57 Å². The first-order valence-electron chi connectivity index (χ1n) is 12.9. The molecule has 4 rings (SSSR count). The molecule has 196 valence electrons. The van der Waals surface area contributed by atoms with E-state index in [1.807, 2.05) is 97.9 Å². The molecule has 0 aliphatic heterocycles. The van der Waals surface area contributed by atoms with E-state index < -0.39 is 17.2 Å². The molecule has 0 heterocycles. The summed E-state index contributed by atoms with van der Waals surface area (Å²) in [4.78, 5) is 0.220. The second-order valence-corrected chi connectivity index (χ2v) is 13.9. The Morgan fingerprint density at radius 3 is 1.74 bits per heavy atom. The topological polar surface area (TPSA) is 54.5 Å². The van der Waals surface area contributed by atoms with Crippen molar-refractivity contribution in [2.75, 3.05) is 6.54 Å². The summed E-state index contributed by atoms with van der Waals surface area (Å²) in [5.41, 5.74) is 1.71. The van der Waals surface area contributed by atoms with E-state index in [9.17, 15) is 8.42 Å². The van der Waals surface area contributed by atoms with E-state index >= 15 is 4.57 Å². The molecule has 38 heavy (non-hydrogen) atoms. The quantitative estimate of drug-likeness (QED) is 0.149. The highest BCUT2D eigenvalue weighted by atomic mass is 32.2. The van der Waals surface area contributed by atoms with Crippen LogP contribution in [0.3, 0.4) is 0 Å². The Hall–Kier alpha value is -3.40. The van der Waals surface area contributed by atoms with Crippen LogP contribution in [0, 0.1) is 6.92 Å². The molecular formula is C32H34NO3PS. The van der Waals surface area contributed by atoms with Crippen molar-refractivity contribution in [3.8, 4) is 0 Å². The van der Waals surface area contributed by atoms with Crippen molar-refractivity contribution < 1.29 is 13.0 Å². The molecule has 4 aromatic carbocycles. The second-order valence-electron chi connectivity index (χ2n) is 9.30. The van der Waals surface area contributed by atoms with Gasteiger partial charge in [-0.2, -0.15) is 0 Å².